The topological polar surface area (TPSA) is 101 Å². The Bertz CT molecular complexity index is 856. The lowest BCUT2D eigenvalue weighted by molar-refractivity contribution is -0.119. The van der Waals surface area contributed by atoms with Gasteiger partial charge in [-0.05, 0) is 43.0 Å². The van der Waals surface area contributed by atoms with Crippen molar-refractivity contribution in [3.8, 4) is 0 Å². The molecule has 3 rings (SSSR count). The third-order valence-electron chi connectivity index (χ3n) is 4.78. The summed E-state index contributed by atoms with van der Waals surface area (Å²) in [7, 11) is -7.33. The molecule has 138 valence electrons. The quantitative estimate of drug-likeness (QED) is 0.826. The van der Waals surface area contributed by atoms with E-state index in [0.29, 0.717) is 12.5 Å². The Morgan fingerprint density at radius 1 is 1.16 bits per heavy atom. The zero-order valence-corrected chi connectivity index (χ0v) is 15.6. The second-order valence-corrected chi connectivity index (χ2v) is 10.4. The number of hydrogen-bond donors (Lipinski definition) is 1. The second-order valence-electron chi connectivity index (χ2n) is 6.78. The van der Waals surface area contributed by atoms with E-state index in [1.54, 1.807) is 6.92 Å². The predicted molar refractivity (Wildman–Crippen MR) is 94.0 cm³/mol. The van der Waals surface area contributed by atoms with Gasteiger partial charge in [-0.1, -0.05) is 19.8 Å². The second kappa shape index (κ2) is 6.69. The highest BCUT2D eigenvalue weighted by molar-refractivity contribution is 7.94. The molecule has 0 spiro atoms. The summed E-state index contributed by atoms with van der Waals surface area (Å²) in [5.41, 5.74) is 0.170. The first-order chi connectivity index (χ1) is 11.7. The lowest BCUT2D eigenvalue weighted by Crippen LogP contribution is -2.30. The molecule has 9 heteroatoms. The van der Waals surface area contributed by atoms with Gasteiger partial charge >= 0.3 is 0 Å². The van der Waals surface area contributed by atoms with Crippen LogP contribution in [0.25, 0.3) is 0 Å². The normalized spacial score (nSPS) is 24.1. The average Bonchev–Trinajstić information content (AvgIpc) is 3.12. The first kappa shape index (κ1) is 18.3. The van der Waals surface area contributed by atoms with Crippen molar-refractivity contribution in [2.45, 2.75) is 37.5 Å². The molecule has 1 amide bonds. The number of sulfonamides is 2. The van der Waals surface area contributed by atoms with E-state index in [0.717, 1.165) is 30.0 Å². The number of carbonyl (C=O) groups excluding carboxylic acids is 1. The number of nitrogens with zero attached hydrogens (tertiary/aromatic N) is 1. The van der Waals surface area contributed by atoms with Crippen LogP contribution in [0.2, 0.25) is 0 Å². The minimum atomic E-state index is -3.69. The Morgan fingerprint density at radius 3 is 2.28 bits per heavy atom. The maximum atomic E-state index is 12.4. The van der Waals surface area contributed by atoms with Crippen LogP contribution in [0.4, 0.5) is 5.69 Å². The highest BCUT2D eigenvalue weighted by atomic mass is 32.2. The van der Waals surface area contributed by atoms with Crippen molar-refractivity contribution in [2.75, 3.05) is 16.6 Å². The van der Waals surface area contributed by atoms with Crippen LogP contribution in [0.5, 0.6) is 0 Å². The lowest BCUT2D eigenvalue weighted by atomic mass is 10.1. The maximum absolute atomic E-state index is 12.4. The molecule has 1 saturated heterocycles. The fraction of sp³-hybridized carbons (Fsp3) is 0.562. The number of nitrogens with one attached hydrogen (secondary N) is 1. The Kier molecular flexibility index (Phi) is 4.91. The number of carbonyl (C=O) groups is 1. The van der Waals surface area contributed by atoms with Crippen LogP contribution in [0.1, 0.15) is 32.6 Å². The molecule has 1 aromatic carbocycles. The van der Waals surface area contributed by atoms with Gasteiger partial charge in [0.05, 0.1) is 22.3 Å². The maximum Gasteiger partial charge on any atom is 0.244 e. The summed E-state index contributed by atoms with van der Waals surface area (Å²) in [5.74, 6) is -0.936. The van der Waals surface area contributed by atoms with Crippen molar-refractivity contribution >= 4 is 31.6 Å². The van der Waals surface area contributed by atoms with Gasteiger partial charge in [-0.25, -0.2) is 25.9 Å². The van der Waals surface area contributed by atoms with E-state index in [1.165, 1.54) is 24.3 Å². The number of rotatable bonds is 5. The molecule has 1 aliphatic heterocycles. The molecule has 1 heterocycles. The van der Waals surface area contributed by atoms with Crippen LogP contribution in [0.3, 0.4) is 0 Å². The number of benzene rings is 1. The highest BCUT2D eigenvalue weighted by Crippen LogP contribution is 2.29. The molecular formula is C16H22N2O5S2. The summed E-state index contributed by atoms with van der Waals surface area (Å²) in [4.78, 5) is 12.1. The summed E-state index contributed by atoms with van der Waals surface area (Å²) in [6.07, 6.45) is 4.35. The predicted octanol–water partition coefficient (Wildman–Crippen LogP) is 1.47. The van der Waals surface area contributed by atoms with E-state index >= 15 is 0 Å². The number of amides is 1. The number of anilines is 1. The van der Waals surface area contributed by atoms with Crippen molar-refractivity contribution in [3.63, 3.8) is 0 Å². The van der Waals surface area contributed by atoms with Crippen LogP contribution >= 0.6 is 0 Å². The van der Waals surface area contributed by atoms with Crippen molar-refractivity contribution in [2.24, 2.45) is 11.8 Å². The molecule has 1 aromatic rings. The van der Waals surface area contributed by atoms with Gasteiger partial charge in [0.2, 0.25) is 26.0 Å². The van der Waals surface area contributed by atoms with E-state index < -0.39 is 31.9 Å². The van der Waals surface area contributed by atoms with Crippen molar-refractivity contribution in [3.05, 3.63) is 24.3 Å². The summed E-state index contributed by atoms with van der Waals surface area (Å²) in [6.45, 7) is 1.98. The van der Waals surface area contributed by atoms with Gasteiger partial charge in [-0.2, -0.15) is 0 Å². The summed E-state index contributed by atoms with van der Waals surface area (Å²) >= 11 is 0. The van der Waals surface area contributed by atoms with Crippen molar-refractivity contribution in [1.29, 1.82) is 0 Å². The van der Waals surface area contributed by atoms with Crippen LogP contribution in [-0.2, 0) is 24.8 Å². The molecule has 1 N–H and O–H groups in total. The number of hydrogen-bond acceptors (Lipinski definition) is 5. The molecule has 0 aromatic heterocycles. The monoisotopic (exact) mass is 386 g/mol. The van der Waals surface area contributed by atoms with Gasteiger partial charge in [0.1, 0.15) is 0 Å². The van der Waals surface area contributed by atoms with Crippen LogP contribution < -0.4 is 9.03 Å². The Hall–Kier alpha value is -1.45. The SMILES string of the molecule is CC1CS(=O)(=O)N(c2ccc(S(=O)(=O)NCC3CCCC3)cc2)C1=O. The van der Waals surface area contributed by atoms with Crippen LogP contribution in [0, 0.1) is 11.8 Å². The van der Waals surface area contributed by atoms with E-state index in [-0.39, 0.29) is 16.3 Å². The smallest absolute Gasteiger partial charge is 0.244 e. The van der Waals surface area contributed by atoms with Gasteiger partial charge in [0.15, 0.2) is 0 Å². The zero-order chi connectivity index (χ0) is 18.2. The van der Waals surface area contributed by atoms with E-state index in [4.69, 9.17) is 0 Å². The Balaban J connectivity index is 1.76. The van der Waals surface area contributed by atoms with Gasteiger partial charge in [0.25, 0.3) is 0 Å². The Morgan fingerprint density at radius 2 is 1.76 bits per heavy atom. The van der Waals surface area contributed by atoms with E-state index in [2.05, 4.69) is 4.72 Å². The summed E-state index contributed by atoms with van der Waals surface area (Å²) in [5, 5.41) is 0. The van der Waals surface area contributed by atoms with Gasteiger partial charge in [-0.3, -0.25) is 4.79 Å². The molecule has 0 bridgehead atoms. The first-order valence-corrected chi connectivity index (χ1v) is 11.5. The minimum absolute atomic E-state index is 0.0614. The molecule has 2 fully saturated rings. The summed E-state index contributed by atoms with van der Waals surface area (Å²) < 4.78 is 52.3. The molecule has 25 heavy (non-hydrogen) atoms. The molecule has 1 aliphatic carbocycles. The molecule has 1 saturated carbocycles. The van der Waals surface area contributed by atoms with Crippen molar-refractivity contribution < 1.29 is 21.6 Å². The average molecular weight is 386 g/mol. The fourth-order valence-corrected chi connectivity index (χ4v) is 6.31. The molecular weight excluding hydrogens is 364 g/mol. The van der Waals surface area contributed by atoms with Crippen LogP contribution in [-0.4, -0.2) is 35.0 Å². The molecule has 1 unspecified atom stereocenters. The first-order valence-electron chi connectivity index (χ1n) is 8.37. The summed E-state index contributed by atoms with van der Waals surface area (Å²) in [6, 6.07) is 5.38. The molecule has 7 nitrogen and oxygen atoms in total. The molecule has 0 radical (unpaired) electrons. The van der Waals surface area contributed by atoms with E-state index in [9.17, 15) is 21.6 Å². The molecule has 2 aliphatic rings. The third-order valence-corrected chi connectivity index (χ3v) is 8.09. The van der Waals surface area contributed by atoms with Gasteiger partial charge < -0.3 is 0 Å². The Labute approximate surface area is 148 Å². The zero-order valence-electron chi connectivity index (χ0n) is 14.0. The lowest BCUT2D eigenvalue weighted by Gasteiger charge is -2.16. The molecule has 1 atom stereocenters. The van der Waals surface area contributed by atoms with E-state index in [1.807, 2.05) is 0 Å². The fourth-order valence-electron chi connectivity index (χ4n) is 3.37. The van der Waals surface area contributed by atoms with Crippen LogP contribution in [0.15, 0.2) is 29.2 Å². The largest absolute Gasteiger partial charge is 0.273 e. The minimum Gasteiger partial charge on any atom is -0.273 e. The van der Waals surface area contributed by atoms with Gasteiger partial charge in [-0.15, -0.1) is 0 Å². The highest BCUT2D eigenvalue weighted by Gasteiger charge is 2.41. The van der Waals surface area contributed by atoms with Crippen molar-refractivity contribution in [1.82, 2.24) is 4.72 Å². The third kappa shape index (κ3) is 3.73. The standard InChI is InChI=1S/C16H22N2O5S2/c1-12-11-24(20,21)18(16(12)19)14-6-8-15(9-7-14)25(22,23)17-10-13-4-2-3-5-13/h6-9,12-13,17H,2-5,10-11H2,1H3. The van der Waals surface area contributed by atoms with Gasteiger partial charge in [0, 0.05) is 6.54 Å².